The molecular formula is C15H19ClN2O2. The average molecular weight is 295 g/mol. The molecule has 1 N–H and O–H groups in total. The molecule has 2 rings (SSSR count). The lowest BCUT2D eigenvalue weighted by Crippen LogP contribution is -2.34. The molecule has 0 aromatic heterocycles. The molecule has 1 aliphatic rings. The first-order valence-corrected chi connectivity index (χ1v) is 7.19. The van der Waals surface area contributed by atoms with Gasteiger partial charge in [-0.25, -0.2) is 0 Å². The topological polar surface area (TPSA) is 49.4 Å². The molecular weight excluding hydrogens is 276 g/mol. The van der Waals surface area contributed by atoms with E-state index >= 15 is 0 Å². The quantitative estimate of drug-likeness (QED) is 0.926. The summed E-state index contributed by atoms with van der Waals surface area (Å²) in [6.45, 7) is 5.21. The monoisotopic (exact) mass is 294 g/mol. The van der Waals surface area contributed by atoms with E-state index in [0.29, 0.717) is 30.1 Å². The molecule has 0 bridgehead atoms. The third kappa shape index (κ3) is 3.31. The lowest BCUT2D eigenvalue weighted by Gasteiger charge is -2.21. The van der Waals surface area contributed by atoms with Crippen molar-refractivity contribution in [2.75, 3.05) is 13.1 Å². The van der Waals surface area contributed by atoms with Crippen LogP contribution in [0, 0.1) is 5.92 Å². The highest BCUT2D eigenvalue weighted by Gasteiger charge is 2.31. The van der Waals surface area contributed by atoms with Gasteiger partial charge >= 0.3 is 0 Å². The SMILES string of the molecule is CC(C)N1CC(CNC(=O)c2ccccc2Cl)CC1=O. The van der Waals surface area contributed by atoms with Crippen molar-refractivity contribution in [2.24, 2.45) is 5.92 Å². The Morgan fingerprint density at radius 2 is 2.15 bits per heavy atom. The third-order valence-corrected chi connectivity index (χ3v) is 3.86. The summed E-state index contributed by atoms with van der Waals surface area (Å²) in [6.07, 6.45) is 0.501. The number of hydrogen-bond acceptors (Lipinski definition) is 2. The standard InChI is InChI=1S/C15H19ClN2O2/c1-10(2)18-9-11(7-14(18)19)8-17-15(20)12-5-3-4-6-13(12)16/h3-6,10-11H,7-9H2,1-2H3,(H,17,20). The van der Waals surface area contributed by atoms with Crippen LogP contribution in [0.3, 0.4) is 0 Å². The molecule has 1 heterocycles. The number of hydrogen-bond donors (Lipinski definition) is 1. The van der Waals surface area contributed by atoms with Crippen molar-refractivity contribution in [3.63, 3.8) is 0 Å². The van der Waals surface area contributed by atoms with Crippen molar-refractivity contribution >= 4 is 23.4 Å². The van der Waals surface area contributed by atoms with Crippen molar-refractivity contribution in [3.05, 3.63) is 34.9 Å². The van der Waals surface area contributed by atoms with E-state index in [4.69, 9.17) is 11.6 Å². The van der Waals surface area contributed by atoms with E-state index in [1.54, 1.807) is 24.3 Å². The fourth-order valence-corrected chi connectivity index (χ4v) is 2.64. The van der Waals surface area contributed by atoms with Crippen LogP contribution in [0.15, 0.2) is 24.3 Å². The van der Waals surface area contributed by atoms with Gasteiger partial charge in [0.25, 0.3) is 5.91 Å². The van der Waals surface area contributed by atoms with E-state index in [1.165, 1.54) is 0 Å². The highest BCUT2D eigenvalue weighted by Crippen LogP contribution is 2.20. The van der Waals surface area contributed by atoms with Gasteiger partial charge in [-0.05, 0) is 26.0 Å². The molecule has 1 aromatic carbocycles. The number of amides is 2. The summed E-state index contributed by atoms with van der Waals surface area (Å²) in [7, 11) is 0. The maximum absolute atomic E-state index is 12.0. The number of nitrogens with one attached hydrogen (secondary N) is 1. The summed E-state index contributed by atoms with van der Waals surface area (Å²) in [5, 5.41) is 3.30. The summed E-state index contributed by atoms with van der Waals surface area (Å²) in [6, 6.07) is 7.16. The van der Waals surface area contributed by atoms with Gasteiger partial charge in [-0.15, -0.1) is 0 Å². The van der Waals surface area contributed by atoms with Crippen molar-refractivity contribution in [3.8, 4) is 0 Å². The normalized spacial score (nSPS) is 18.7. The maximum atomic E-state index is 12.0. The molecule has 2 amide bonds. The van der Waals surface area contributed by atoms with E-state index < -0.39 is 0 Å². The fourth-order valence-electron chi connectivity index (χ4n) is 2.42. The molecule has 1 aromatic rings. The predicted octanol–water partition coefficient (Wildman–Crippen LogP) is 2.33. The lowest BCUT2D eigenvalue weighted by molar-refractivity contribution is -0.129. The van der Waals surface area contributed by atoms with Crippen LogP contribution in [0.25, 0.3) is 0 Å². The average Bonchev–Trinajstić information content (AvgIpc) is 2.78. The minimum absolute atomic E-state index is 0.164. The number of nitrogens with zero attached hydrogens (tertiary/aromatic N) is 1. The number of rotatable bonds is 4. The van der Waals surface area contributed by atoms with Crippen molar-refractivity contribution in [1.29, 1.82) is 0 Å². The van der Waals surface area contributed by atoms with E-state index in [-0.39, 0.29) is 23.8 Å². The largest absolute Gasteiger partial charge is 0.352 e. The molecule has 1 atom stereocenters. The summed E-state index contributed by atoms with van der Waals surface area (Å²) < 4.78 is 0. The van der Waals surface area contributed by atoms with E-state index in [1.807, 2.05) is 18.7 Å². The summed E-state index contributed by atoms with van der Waals surface area (Å²) in [5.41, 5.74) is 0.471. The molecule has 1 saturated heterocycles. The molecule has 1 aliphatic heterocycles. The van der Waals surface area contributed by atoms with Gasteiger partial charge < -0.3 is 10.2 Å². The van der Waals surface area contributed by atoms with Gasteiger partial charge in [-0.1, -0.05) is 23.7 Å². The summed E-state index contributed by atoms with van der Waals surface area (Å²) in [5.74, 6) is 0.152. The Balaban J connectivity index is 1.89. The van der Waals surface area contributed by atoms with Crippen LogP contribution in [-0.2, 0) is 4.79 Å². The number of likely N-dealkylation sites (tertiary alicyclic amines) is 1. The van der Waals surface area contributed by atoms with Gasteiger partial charge in [0.05, 0.1) is 10.6 Å². The van der Waals surface area contributed by atoms with Crippen LogP contribution in [-0.4, -0.2) is 35.8 Å². The van der Waals surface area contributed by atoms with Crippen LogP contribution < -0.4 is 5.32 Å². The van der Waals surface area contributed by atoms with Crippen LogP contribution in [0.4, 0.5) is 0 Å². The fraction of sp³-hybridized carbons (Fsp3) is 0.467. The smallest absolute Gasteiger partial charge is 0.252 e. The van der Waals surface area contributed by atoms with Gasteiger partial charge in [0.15, 0.2) is 0 Å². The van der Waals surface area contributed by atoms with Gasteiger partial charge in [0, 0.05) is 31.5 Å². The Kier molecular flexibility index (Phi) is 4.65. The molecule has 0 spiro atoms. The van der Waals surface area contributed by atoms with Gasteiger partial charge in [-0.3, -0.25) is 9.59 Å². The highest BCUT2D eigenvalue weighted by atomic mass is 35.5. The number of benzene rings is 1. The molecule has 1 unspecified atom stereocenters. The number of carbonyl (C=O) groups excluding carboxylic acids is 2. The maximum Gasteiger partial charge on any atom is 0.252 e. The van der Waals surface area contributed by atoms with E-state index in [2.05, 4.69) is 5.32 Å². The van der Waals surface area contributed by atoms with Gasteiger partial charge in [-0.2, -0.15) is 0 Å². The minimum atomic E-state index is -0.189. The Bertz CT molecular complexity index is 516. The zero-order valence-electron chi connectivity index (χ0n) is 11.7. The predicted molar refractivity (Wildman–Crippen MR) is 78.7 cm³/mol. The minimum Gasteiger partial charge on any atom is -0.352 e. The lowest BCUT2D eigenvalue weighted by atomic mass is 10.1. The highest BCUT2D eigenvalue weighted by molar-refractivity contribution is 6.33. The van der Waals surface area contributed by atoms with Crippen LogP contribution in [0.1, 0.15) is 30.6 Å². The third-order valence-electron chi connectivity index (χ3n) is 3.53. The van der Waals surface area contributed by atoms with Crippen LogP contribution in [0.5, 0.6) is 0 Å². The number of carbonyl (C=O) groups is 2. The second kappa shape index (κ2) is 6.27. The van der Waals surface area contributed by atoms with Crippen molar-refractivity contribution in [2.45, 2.75) is 26.3 Å². The van der Waals surface area contributed by atoms with Crippen molar-refractivity contribution < 1.29 is 9.59 Å². The molecule has 0 saturated carbocycles. The summed E-state index contributed by atoms with van der Waals surface area (Å²) in [4.78, 5) is 25.7. The first-order valence-electron chi connectivity index (χ1n) is 6.81. The zero-order valence-corrected chi connectivity index (χ0v) is 12.5. The number of halogens is 1. The molecule has 1 fully saturated rings. The summed E-state index contributed by atoms with van der Waals surface area (Å²) >= 11 is 5.98. The van der Waals surface area contributed by atoms with Gasteiger partial charge in [0.2, 0.25) is 5.91 Å². The first kappa shape index (κ1) is 14.9. The second-order valence-electron chi connectivity index (χ2n) is 5.40. The molecule has 5 heteroatoms. The molecule has 0 aliphatic carbocycles. The molecule has 0 radical (unpaired) electrons. The Morgan fingerprint density at radius 3 is 2.75 bits per heavy atom. The first-order chi connectivity index (χ1) is 9.49. The van der Waals surface area contributed by atoms with Gasteiger partial charge in [0.1, 0.15) is 0 Å². The molecule has 4 nitrogen and oxygen atoms in total. The van der Waals surface area contributed by atoms with Crippen LogP contribution >= 0.6 is 11.6 Å². The van der Waals surface area contributed by atoms with E-state index in [9.17, 15) is 9.59 Å². The Morgan fingerprint density at radius 1 is 1.45 bits per heavy atom. The molecule has 108 valence electrons. The van der Waals surface area contributed by atoms with Crippen molar-refractivity contribution in [1.82, 2.24) is 10.2 Å². The molecule has 20 heavy (non-hydrogen) atoms. The Hall–Kier alpha value is -1.55. The second-order valence-corrected chi connectivity index (χ2v) is 5.81. The van der Waals surface area contributed by atoms with Crippen LogP contribution in [0.2, 0.25) is 5.02 Å². The Labute approximate surface area is 124 Å². The zero-order chi connectivity index (χ0) is 14.7. The van der Waals surface area contributed by atoms with E-state index in [0.717, 1.165) is 0 Å².